The van der Waals surface area contributed by atoms with Crippen molar-refractivity contribution in [1.29, 1.82) is 0 Å². The van der Waals surface area contributed by atoms with Gasteiger partial charge in [-0.2, -0.15) is 13.2 Å². The first-order chi connectivity index (χ1) is 9.45. The summed E-state index contributed by atoms with van der Waals surface area (Å²) >= 11 is 0. The molecule has 0 radical (unpaired) electrons. The Hall–Kier alpha value is -1.27. The Morgan fingerprint density at radius 3 is 2.48 bits per heavy atom. The molecule has 0 aliphatic carbocycles. The summed E-state index contributed by atoms with van der Waals surface area (Å²) in [6, 6.07) is 4.84. The Balaban J connectivity index is 0.00000220. The van der Waals surface area contributed by atoms with Crippen LogP contribution < -0.4 is 10.6 Å². The minimum atomic E-state index is -4.32. The average Bonchev–Trinajstić information content (AvgIpc) is 2.88. The van der Waals surface area contributed by atoms with Gasteiger partial charge in [0.15, 0.2) is 0 Å². The van der Waals surface area contributed by atoms with Gasteiger partial charge >= 0.3 is 6.18 Å². The largest absolute Gasteiger partial charge is 0.416 e. The number of alkyl halides is 3. The van der Waals surface area contributed by atoms with Crippen molar-refractivity contribution in [2.75, 3.05) is 13.1 Å². The Morgan fingerprint density at radius 1 is 1.29 bits per heavy atom. The van der Waals surface area contributed by atoms with E-state index in [4.69, 9.17) is 0 Å². The monoisotopic (exact) mass is 322 g/mol. The maximum absolute atomic E-state index is 12.4. The number of amides is 1. The Kier molecular flexibility index (Phi) is 6.48. The minimum absolute atomic E-state index is 0. The number of carbonyl (C=O) groups excluding carboxylic acids is 1. The van der Waals surface area contributed by atoms with Gasteiger partial charge in [-0.05, 0) is 43.1 Å². The van der Waals surface area contributed by atoms with Crippen molar-refractivity contribution < 1.29 is 18.0 Å². The molecule has 21 heavy (non-hydrogen) atoms. The summed E-state index contributed by atoms with van der Waals surface area (Å²) in [4.78, 5) is 11.7. The summed E-state index contributed by atoms with van der Waals surface area (Å²) in [6.07, 6.45) is -2.86. The highest BCUT2D eigenvalue weighted by atomic mass is 35.5. The maximum atomic E-state index is 12.4. The van der Waals surface area contributed by atoms with Gasteiger partial charge in [0.2, 0.25) is 5.91 Å². The van der Waals surface area contributed by atoms with E-state index in [0.717, 1.165) is 31.6 Å². The van der Waals surface area contributed by atoms with Gasteiger partial charge in [-0.25, -0.2) is 0 Å². The van der Waals surface area contributed by atoms with E-state index in [1.54, 1.807) is 0 Å². The van der Waals surface area contributed by atoms with E-state index in [0.29, 0.717) is 17.9 Å². The molecule has 1 aromatic carbocycles. The first kappa shape index (κ1) is 17.8. The molecule has 3 nitrogen and oxygen atoms in total. The van der Waals surface area contributed by atoms with E-state index >= 15 is 0 Å². The molecular weight excluding hydrogens is 305 g/mol. The molecule has 1 fully saturated rings. The van der Waals surface area contributed by atoms with Crippen LogP contribution in [0, 0.1) is 5.92 Å². The Bertz CT molecular complexity index is 456. The van der Waals surface area contributed by atoms with Crippen molar-refractivity contribution >= 4 is 18.3 Å². The van der Waals surface area contributed by atoms with Crippen molar-refractivity contribution in [3.05, 3.63) is 35.4 Å². The van der Waals surface area contributed by atoms with Gasteiger partial charge in [-0.3, -0.25) is 4.79 Å². The molecule has 1 aliphatic heterocycles. The second-order valence-corrected chi connectivity index (χ2v) is 5.03. The topological polar surface area (TPSA) is 41.1 Å². The molecule has 0 bridgehead atoms. The van der Waals surface area contributed by atoms with Crippen molar-refractivity contribution in [3.63, 3.8) is 0 Å². The molecule has 7 heteroatoms. The quantitative estimate of drug-likeness (QED) is 0.895. The minimum Gasteiger partial charge on any atom is -0.352 e. The van der Waals surface area contributed by atoms with Crippen LogP contribution in [0.15, 0.2) is 24.3 Å². The molecule has 1 saturated heterocycles. The number of hydrogen-bond acceptors (Lipinski definition) is 2. The highest BCUT2D eigenvalue weighted by molar-refractivity contribution is 5.85. The van der Waals surface area contributed by atoms with Crippen LogP contribution in [0.3, 0.4) is 0 Å². The summed E-state index contributed by atoms with van der Waals surface area (Å²) in [5.41, 5.74) is -0.0134. The van der Waals surface area contributed by atoms with Crippen LogP contribution in [0.2, 0.25) is 0 Å². The fraction of sp³-hybridized carbons (Fsp3) is 0.500. The molecule has 1 atom stereocenters. The van der Waals surface area contributed by atoms with Crippen molar-refractivity contribution in [2.24, 2.45) is 5.92 Å². The molecular formula is C14H18ClF3N2O. The third-order valence-corrected chi connectivity index (χ3v) is 3.41. The summed E-state index contributed by atoms with van der Waals surface area (Å²) in [7, 11) is 0. The fourth-order valence-corrected chi connectivity index (χ4v) is 2.24. The summed E-state index contributed by atoms with van der Waals surface area (Å²) < 4.78 is 37.2. The third kappa shape index (κ3) is 5.55. The highest BCUT2D eigenvalue weighted by Crippen LogP contribution is 2.29. The van der Waals surface area contributed by atoms with Gasteiger partial charge in [-0.15, -0.1) is 12.4 Å². The van der Waals surface area contributed by atoms with E-state index in [2.05, 4.69) is 10.6 Å². The van der Waals surface area contributed by atoms with Crippen molar-refractivity contribution in [1.82, 2.24) is 10.6 Å². The van der Waals surface area contributed by atoms with E-state index < -0.39 is 11.7 Å². The van der Waals surface area contributed by atoms with Crippen LogP contribution in [0.5, 0.6) is 0 Å². The van der Waals surface area contributed by atoms with Gasteiger partial charge in [0.25, 0.3) is 0 Å². The molecule has 2 rings (SSSR count). The van der Waals surface area contributed by atoms with Crippen LogP contribution in [0.1, 0.15) is 24.0 Å². The number of benzene rings is 1. The van der Waals surface area contributed by atoms with Crippen molar-refractivity contribution in [3.8, 4) is 0 Å². The lowest BCUT2D eigenvalue weighted by Gasteiger charge is -2.10. The van der Waals surface area contributed by atoms with Crippen LogP contribution in [0.4, 0.5) is 13.2 Å². The van der Waals surface area contributed by atoms with E-state index in [9.17, 15) is 18.0 Å². The fourth-order valence-electron chi connectivity index (χ4n) is 2.24. The summed E-state index contributed by atoms with van der Waals surface area (Å²) in [5, 5.41) is 5.92. The molecule has 2 N–H and O–H groups in total. The first-order valence-electron chi connectivity index (χ1n) is 6.58. The molecule has 0 aromatic heterocycles. The lowest BCUT2D eigenvalue weighted by atomic mass is 10.0. The summed E-state index contributed by atoms with van der Waals surface area (Å²) in [5.74, 6) is 0.307. The van der Waals surface area contributed by atoms with Crippen LogP contribution >= 0.6 is 12.4 Å². The van der Waals surface area contributed by atoms with Gasteiger partial charge in [0.05, 0.1) is 5.56 Å². The van der Waals surface area contributed by atoms with Crippen LogP contribution in [-0.4, -0.2) is 19.0 Å². The first-order valence-corrected chi connectivity index (χ1v) is 6.58. The van der Waals surface area contributed by atoms with Gasteiger partial charge in [-0.1, -0.05) is 12.1 Å². The second-order valence-electron chi connectivity index (χ2n) is 5.03. The number of hydrogen-bond donors (Lipinski definition) is 2. The molecule has 0 spiro atoms. The second kappa shape index (κ2) is 7.66. The molecule has 1 unspecified atom stereocenters. The van der Waals surface area contributed by atoms with Gasteiger partial charge < -0.3 is 10.6 Å². The zero-order chi connectivity index (χ0) is 14.6. The van der Waals surface area contributed by atoms with Crippen LogP contribution in [-0.2, 0) is 17.5 Å². The van der Waals surface area contributed by atoms with Crippen LogP contribution in [0.25, 0.3) is 0 Å². The number of carbonyl (C=O) groups is 1. The van der Waals surface area contributed by atoms with Crippen molar-refractivity contribution in [2.45, 2.75) is 25.6 Å². The van der Waals surface area contributed by atoms with Gasteiger partial charge in [0, 0.05) is 13.0 Å². The molecule has 118 valence electrons. The standard InChI is InChI=1S/C14H17F3N2O.ClH/c15-14(16,17)12-3-1-10(2-4-12)9-19-13(20)7-11-5-6-18-8-11;/h1-4,11,18H,5-9H2,(H,19,20);1H. The zero-order valence-electron chi connectivity index (χ0n) is 11.4. The normalized spacial score (nSPS) is 18.1. The number of halogens is 4. The maximum Gasteiger partial charge on any atom is 0.416 e. The molecule has 1 aromatic rings. The number of rotatable bonds is 4. The Labute approximate surface area is 127 Å². The lowest BCUT2D eigenvalue weighted by Crippen LogP contribution is -2.25. The smallest absolute Gasteiger partial charge is 0.352 e. The highest BCUT2D eigenvalue weighted by Gasteiger charge is 2.29. The van der Waals surface area contributed by atoms with E-state index in [1.165, 1.54) is 12.1 Å². The van der Waals surface area contributed by atoms with E-state index in [-0.39, 0.29) is 24.9 Å². The predicted molar refractivity (Wildman–Crippen MR) is 76.1 cm³/mol. The Morgan fingerprint density at radius 2 is 1.95 bits per heavy atom. The molecule has 0 saturated carbocycles. The van der Waals surface area contributed by atoms with Gasteiger partial charge in [0.1, 0.15) is 0 Å². The van der Waals surface area contributed by atoms with E-state index in [1.807, 2.05) is 0 Å². The average molecular weight is 323 g/mol. The lowest BCUT2D eigenvalue weighted by molar-refractivity contribution is -0.137. The predicted octanol–water partition coefficient (Wildman–Crippen LogP) is 2.74. The summed E-state index contributed by atoms with van der Waals surface area (Å²) in [6.45, 7) is 2.06. The molecule has 1 amide bonds. The number of nitrogens with one attached hydrogen (secondary N) is 2. The molecule has 1 aliphatic rings. The zero-order valence-corrected chi connectivity index (χ0v) is 12.2. The molecule has 1 heterocycles. The third-order valence-electron chi connectivity index (χ3n) is 3.41. The SMILES string of the molecule is Cl.O=C(CC1CCNC1)NCc1ccc(C(F)(F)F)cc1.